The number of nitrogens with zero attached hydrogens (tertiary/aromatic N) is 3. The molecule has 2 fully saturated rings. The maximum atomic E-state index is 4.88. The van der Waals surface area contributed by atoms with Crippen LogP contribution in [0, 0.1) is 5.92 Å². The van der Waals surface area contributed by atoms with Crippen LogP contribution in [0.25, 0.3) is 11.2 Å². The highest BCUT2D eigenvalue weighted by Gasteiger charge is 2.24. The minimum Gasteiger partial charge on any atom is -0.316 e. The summed E-state index contributed by atoms with van der Waals surface area (Å²) in [7, 11) is 0. The van der Waals surface area contributed by atoms with Crippen LogP contribution in [0.5, 0.6) is 0 Å². The highest BCUT2D eigenvalue weighted by Crippen LogP contribution is 2.26. The van der Waals surface area contributed by atoms with Crippen molar-refractivity contribution in [3.63, 3.8) is 0 Å². The molecule has 2 atom stereocenters. The molecule has 5 nitrogen and oxygen atoms in total. The Morgan fingerprint density at radius 1 is 1.24 bits per heavy atom. The molecule has 0 spiro atoms. The van der Waals surface area contributed by atoms with E-state index in [1.807, 2.05) is 12.3 Å². The van der Waals surface area contributed by atoms with E-state index in [1.165, 1.54) is 31.5 Å². The van der Waals surface area contributed by atoms with Crippen LogP contribution in [-0.4, -0.2) is 34.2 Å². The molecule has 112 valence electrons. The Morgan fingerprint density at radius 3 is 3.05 bits per heavy atom. The summed E-state index contributed by atoms with van der Waals surface area (Å²) in [5.41, 5.74) is 2.07. The summed E-state index contributed by atoms with van der Waals surface area (Å²) < 4.78 is 2.37. The zero-order valence-corrected chi connectivity index (χ0v) is 12.4. The fourth-order valence-corrected chi connectivity index (χ4v) is 3.65. The van der Waals surface area contributed by atoms with Gasteiger partial charge in [-0.1, -0.05) is 0 Å². The Bertz CT molecular complexity index is 608. The van der Waals surface area contributed by atoms with Gasteiger partial charge in [0.1, 0.15) is 11.3 Å². The number of aromatic nitrogens is 3. The van der Waals surface area contributed by atoms with Crippen molar-refractivity contribution in [1.82, 2.24) is 25.2 Å². The summed E-state index contributed by atoms with van der Waals surface area (Å²) in [6.45, 7) is 3.36. The van der Waals surface area contributed by atoms with Gasteiger partial charge in [0, 0.05) is 12.6 Å². The van der Waals surface area contributed by atoms with E-state index in [9.17, 15) is 0 Å². The number of piperidine rings is 1. The van der Waals surface area contributed by atoms with Gasteiger partial charge in [-0.15, -0.1) is 0 Å². The summed E-state index contributed by atoms with van der Waals surface area (Å²) in [5.74, 6) is 1.92. The largest absolute Gasteiger partial charge is 0.316 e. The fraction of sp³-hybridized carbons (Fsp3) is 0.625. The monoisotopic (exact) mass is 285 g/mol. The second kappa shape index (κ2) is 5.73. The molecule has 0 aromatic carbocycles. The molecule has 0 bridgehead atoms. The number of hydrogen-bond acceptors (Lipinski definition) is 4. The van der Waals surface area contributed by atoms with Crippen LogP contribution in [0.2, 0.25) is 0 Å². The molecule has 2 unspecified atom stereocenters. The molecule has 0 amide bonds. The van der Waals surface area contributed by atoms with Gasteiger partial charge in [0.05, 0.1) is 6.17 Å². The number of hydrogen-bond donors (Lipinski definition) is 2. The van der Waals surface area contributed by atoms with E-state index in [0.717, 1.165) is 37.2 Å². The second-order valence-electron chi connectivity index (χ2n) is 6.27. The van der Waals surface area contributed by atoms with Crippen molar-refractivity contribution in [3.05, 3.63) is 24.2 Å². The number of nitrogens with one attached hydrogen (secondary N) is 2. The van der Waals surface area contributed by atoms with Crippen molar-refractivity contribution in [1.29, 1.82) is 0 Å². The molecule has 5 heteroatoms. The predicted molar refractivity (Wildman–Crippen MR) is 83.1 cm³/mol. The summed E-state index contributed by atoms with van der Waals surface area (Å²) in [4.78, 5) is 9.48. The second-order valence-corrected chi connectivity index (χ2v) is 6.27. The van der Waals surface area contributed by atoms with E-state index >= 15 is 0 Å². The summed E-state index contributed by atoms with van der Waals surface area (Å²) >= 11 is 0. The molecular formula is C16H23N5. The van der Waals surface area contributed by atoms with Crippen LogP contribution in [0.15, 0.2) is 18.3 Å². The van der Waals surface area contributed by atoms with Gasteiger partial charge in [0.25, 0.3) is 0 Å². The average Bonchev–Trinajstić information content (AvgIpc) is 3.15. The van der Waals surface area contributed by atoms with Crippen molar-refractivity contribution < 1.29 is 0 Å². The lowest BCUT2D eigenvalue weighted by Gasteiger charge is -2.27. The zero-order valence-electron chi connectivity index (χ0n) is 12.4. The smallest absolute Gasteiger partial charge is 0.161 e. The van der Waals surface area contributed by atoms with Gasteiger partial charge in [-0.3, -0.25) is 9.88 Å². The molecule has 0 radical (unpaired) electrons. The molecule has 2 N–H and O–H groups in total. The molecule has 2 aromatic rings. The molecule has 2 aliphatic rings. The van der Waals surface area contributed by atoms with E-state index in [4.69, 9.17) is 4.98 Å². The van der Waals surface area contributed by atoms with Crippen LogP contribution >= 0.6 is 0 Å². The maximum absolute atomic E-state index is 4.88. The van der Waals surface area contributed by atoms with Gasteiger partial charge in [-0.05, 0) is 63.4 Å². The Labute approximate surface area is 125 Å². The third-order valence-corrected chi connectivity index (χ3v) is 4.75. The highest BCUT2D eigenvalue weighted by molar-refractivity contribution is 5.71. The minimum absolute atomic E-state index is 0.364. The lowest BCUT2D eigenvalue weighted by molar-refractivity contribution is 0.315. The van der Waals surface area contributed by atoms with Crippen molar-refractivity contribution in [2.24, 2.45) is 5.92 Å². The summed E-state index contributed by atoms with van der Waals surface area (Å²) in [6, 6.07) is 4.06. The molecule has 4 rings (SSSR count). The molecule has 2 saturated heterocycles. The Balaban J connectivity index is 1.72. The third-order valence-electron chi connectivity index (χ3n) is 4.75. The van der Waals surface area contributed by atoms with Crippen LogP contribution < -0.4 is 10.6 Å². The number of imidazole rings is 1. The maximum Gasteiger partial charge on any atom is 0.161 e. The van der Waals surface area contributed by atoms with Gasteiger partial charge in [0.15, 0.2) is 5.65 Å². The highest BCUT2D eigenvalue weighted by atomic mass is 15.2. The third kappa shape index (κ3) is 2.56. The Kier molecular flexibility index (Phi) is 3.61. The fourth-order valence-electron chi connectivity index (χ4n) is 3.65. The van der Waals surface area contributed by atoms with Crippen LogP contribution in [0.1, 0.15) is 37.7 Å². The summed E-state index contributed by atoms with van der Waals surface area (Å²) in [5, 5.41) is 7.10. The molecule has 21 heavy (non-hydrogen) atoms. The first-order valence-electron chi connectivity index (χ1n) is 8.18. The first-order chi connectivity index (χ1) is 10.4. The van der Waals surface area contributed by atoms with Crippen molar-refractivity contribution in [2.45, 2.75) is 38.3 Å². The minimum atomic E-state index is 0.364. The van der Waals surface area contributed by atoms with E-state index in [0.29, 0.717) is 12.1 Å². The van der Waals surface area contributed by atoms with E-state index in [-0.39, 0.29) is 0 Å². The van der Waals surface area contributed by atoms with E-state index < -0.39 is 0 Å². The molecule has 2 aliphatic heterocycles. The normalized spacial score (nSPS) is 26.5. The lowest BCUT2D eigenvalue weighted by Crippen LogP contribution is -2.32. The quantitative estimate of drug-likeness (QED) is 0.904. The van der Waals surface area contributed by atoms with Crippen LogP contribution in [-0.2, 0) is 6.42 Å². The zero-order chi connectivity index (χ0) is 14.1. The molecule has 0 aliphatic carbocycles. The van der Waals surface area contributed by atoms with Gasteiger partial charge in [-0.25, -0.2) is 9.97 Å². The van der Waals surface area contributed by atoms with Crippen molar-refractivity contribution in [3.8, 4) is 0 Å². The Hall–Kier alpha value is -1.46. The average molecular weight is 285 g/mol. The van der Waals surface area contributed by atoms with E-state index in [2.05, 4.69) is 26.3 Å². The van der Waals surface area contributed by atoms with Gasteiger partial charge < -0.3 is 5.32 Å². The lowest BCUT2D eigenvalue weighted by atomic mass is 10.0. The number of fused-ring (bicyclic) bond motifs is 1. The van der Waals surface area contributed by atoms with Crippen molar-refractivity contribution in [2.75, 3.05) is 19.6 Å². The first kappa shape index (κ1) is 13.2. The first-order valence-corrected chi connectivity index (χ1v) is 8.18. The van der Waals surface area contributed by atoms with Gasteiger partial charge >= 0.3 is 0 Å². The molecule has 4 heterocycles. The van der Waals surface area contributed by atoms with Crippen molar-refractivity contribution >= 4 is 11.2 Å². The topological polar surface area (TPSA) is 54.8 Å². The van der Waals surface area contributed by atoms with Crippen LogP contribution in [0.3, 0.4) is 0 Å². The predicted octanol–water partition coefficient (Wildman–Crippen LogP) is 1.86. The Morgan fingerprint density at radius 2 is 2.24 bits per heavy atom. The summed E-state index contributed by atoms with van der Waals surface area (Å²) in [6.07, 6.45) is 8.30. The van der Waals surface area contributed by atoms with Gasteiger partial charge in [0.2, 0.25) is 0 Å². The molecule has 0 saturated carbocycles. The number of pyridine rings is 1. The van der Waals surface area contributed by atoms with Crippen LogP contribution in [0.4, 0.5) is 0 Å². The van der Waals surface area contributed by atoms with Gasteiger partial charge in [-0.2, -0.15) is 0 Å². The molecule has 2 aromatic heterocycles. The number of rotatable bonds is 3. The standard InChI is InChI=1S/C16H23N5/c1-2-7-18-14(5-1)21-15(10-12-6-9-17-11-12)20-13-4-3-8-19-16(13)21/h3-4,8,12,14,17-18H,1-2,5-7,9-11H2. The van der Waals surface area contributed by atoms with E-state index in [1.54, 1.807) is 0 Å². The molecular weight excluding hydrogens is 262 g/mol. The SMILES string of the molecule is c1cnc2c(c1)nc(CC1CCNC1)n2C1CCCCN1.